The fourth-order valence-electron chi connectivity index (χ4n) is 2.89. The predicted molar refractivity (Wildman–Crippen MR) is 94.8 cm³/mol. The van der Waals surface area contributed by atoms with Crippen LogP contribution in [0.5, 0.6) is 0 Å². The Bertz CT molecular complexity index is 868. The smallest absolute Gasteiger partial charge is 0.259 e. The molecule has 0 saturated heterocycles. The van der Waals surface area contributed by atoms with Crippen LogP contribution in [0.15, 0.2) is 60.7 Å². The number of benzene rings is 2. The molecule has 1 aliphatic rings. The van der Waals surface area contributed by atoms with Crippen LogP contribution < -0.4 is 10.2 Å². The van der Waals surface area contributed by atoms with E-state index in [4.69, 9.17) is 0 Å². The summed E-state index contributed by atoms with van der Waals surface area (Å²) in [6.45, 7) is 3.42. The number of hydrogen-bond acceptors (Lipinski definition) is 3. The lowest BCUT2D eigenvalue weighted by Gasteiger charge is -2.14. The second kappa shape index (κ2) is 5.85. The second-order valence-electron chi connectivity index (χ2n) is 5.92. The largest absolute Gasteiger partial charge is 0.339 e. The van der Waals surface area contributed by atoms with Crippen molar-refractivity contribution in [3.63, 3.8) is 0 Å². The Morgan fingerprint density at radius 2 is 1.79 bits per heavy atom. The van der Waals surface area contributed by atoms with Crippen molar-refractivity contribution in [2.45, 2.75) is 13.5 Å². The summed E-state index contributed by atoms with van der Waals surface area (Å²) in [5, 5.41) is 7.84. The number of aromatic nitrogens is 2. The Kier molecular flexibility index (Phi) is 3.54. The molecule has 1 N–H and O–H groups in total. The van der Waals surface area contributed by atoms with E-state index in [9.17, 15) is 4.79 Å². The number of fused-ring (bicyclic) bond motifs is 1. The van der Waals surface area contributed by atoms with Gasteiger partial charge in [0.2, 0.25) is 0 Å². The lowest BCUT2D eigenvalue weighted by atomic mass is 10.2. The molecule has 2 heterocycles. The molecule has 3 aromatic rings. The second-order valence-corrected chi connectivity index (χ2v) is 5.92. The van der Waals surface area contributed by atoms with Gasteiger partial charge in [0.25, 0.3) is 5.91 Å². The molecular weight excluding hydrogens is 300 g/mol. The first-order valence-electron chi connectivity index (χ1n) is 7.99. The van der Waals surface area contributed by atoms with E-state index in [1.807, 2.05) is 53.2 Å². The van der Waals surface area contributed by atoms with Crippen molar-refractivity contribution in [1.82, 2.24) is 9.78 Å². The zero-order valence-corrected chi connectivity index (χ0v) is 13.4. The molecule has 1 aromatic heterocycles. The van der Waals surface area contributed by atoms with Gasteiger partial charge in [-0.05, 0) is 31.2 Å². The monoisotopic (exact) mass is 318 g/mol. The Morgan fingerprint density at radius 1 is 1.04 bits per heavy atom. The molecule has 0 atom stereocenters. The van der Waals surface area contributed by atoms with Crippen molar-refractivity contribution in [2.75, 3.05) is 16.8 Å². The first-order chi connectivity index (χ1) is 11.7. The highest BCUT2D eigenvalue weighted by Crippen LogP contribution is 2.28. The van der Waals surface area contributed by atoms with Crippen LogP contribution in [0.4, 0.5) is 17.3 Å². The van der Waals surface area contributed by atoms with Gasteiger partial charge in [-0.15, -0.1) is 0 Å². The third kappa shape index (κ3) is 2.65. The van der Waals surface area contributed by atoms with Gasteiger partial charge in [-0.2, -0.15) is 5.10 Å². The molecule has 4 rings (SSSR count). The lowest BCUT2D eigenvalue weighted by Crippen LogP contribution is -2.28. The fourth-order valence-corrected chi connectivity index (χ4v) is 2.89. The number of nitrogens with one attached hydrogen (secondary N) is 1. The van der Waals surface area contributed by atoms with Crippen molar-refractivity contribution in [1.29, 1.82) is 0 Å². The summed E-state index contributed by atoms with van der Waals surface area (Å²) in [5.41, 5.74) is 2.89. The Balaban J connectivity index is 1.57. The highest BCUT2D eigenvalue weighted by atomic mass is 16.2. The number of carbonyl (C=O) groups is 1. The molecule has 1 amide bonds. The summed E-state index contributed by atoms with van der Waals surface area (Å²) in [5.74, 6) is 1.59. The van der Waals surface area contributed by atoms with Crippen molar-refractivity contribution in [2.24, 2.45) is 0 Å². The van der Waals surface area contributed by atoms with E-state index in [0.717, 1.165) is 17.3 Å². The van der Waals surface area contributed by atoms with Crippen molar-refractivity contribution >= 4 is 23.2 Å². The van der Waals surface area contributed by atoms with Gasteiger partial charge in [-0.1, -0.05) is 35.9 Å². The Labute approximate surface area is 140 Å². The summed E-state index contributed by atoms with van der Waals surface area (Å²) in [4.78, 5) is 14.5. The fraction of sp³-hybridized carbons (Fsp3) is 0.158. The molecule has 0 aliphatic carbocycles. The molecule has 1 aliphatic heterocycles. The van der Waals surface area contributed by atoms with Gasteiger partial charge >= 0.3 is 0 Å². The van der Waals surface area contributed by atoms with Gasteiger partial charge in [0.05, 0.1) is 6.54 Å². The van der Waals surface area contributed by atoms with Crippen molar-refractivity contribution < 1.29 is 4.79 Å². The van der Waals surface area contributed by atoms with E-state index in [-0.39, 0.29) is 5.91 Å². The van der Waals surface area contributed by atoms with Crippen molar-refractivity contribution in [3.05, 3.63) is 71.8 Å². The summed E-state index contributed by atoms with van der Waals surface area (Å²) >= 11 is 0. The van der Waals surface area contributed by atoms with Crippen LogP contribution in [0.3, 0.4) is 0 Å². The molecule has 5 nitrogen and oxygen atoms in total. The van der Waals surface area contributed by atoms with E-state index < -0.39 is 0 Å². The maximum Gasteiger partial charge on any atom is 0.259 e. The standard InChI is InChI=1S/C19H18N4O/c1-14-7-9-16(10-8-14)20-17-13-18-22(11-12-23(18)21-17)19(24)15-5-3-2-4-6-15/h2-10,13H,11-12H2,1H3,(H,20,21). The molecule has 120 valence electrons. The molecule has 5 heteroatoms. The van der Waals surface area contributed by atoms with Gasteiger partial charge in [0.1, 0.15) is 5.82 Å². The molecule has 0 radical (unpaired) electrons. The number of nitrogens with zero attached hydrogens (tertiary/aromatic N) is 3. The summed E-state index contributed by atoms with van der Waals surface area (Å²) in [6, 6.07) is 19.4. The number of aryl methyl sites for hydroxylation is 1. The first-order valence-corrected chi connectivity index (χ1v) is 7.99. The SMILES string of the molecule is Cc1ccc(Nc2cc3n(n2)CCN3C(=O)c2ccccc2)cc1. The normalized spacial score (nSPS) is 13.0. The molecule has 0 unspecified atom stereocenters. The van der Waals surface area contributed by atoms with E-state index in [1.165, 1.54) is 5.56 Å². The van der Waals surface area contributed by atoms with Gasteiger partial charge in [-0.25, -0.2) is 4.68 Å². The van der Waals surface area contributed by atoms with Crippen molar-refractivity contribution in [3.8, 4) is 0 Å². The Hall–Kier alpha value is -3.08. The highest BCUT2D eigenvalue weighted by molar-refractivity contribution is 6.06. The topological polar surface area (TPSA) is 50.2 Å². The quantitative estimate of drug-likeness (QED) is 0.803. The minimum atomic E-state index is 0.0103. The number of hydrogen-bond donors (Lipinski definition) is 1. The highest BCUT2D eigenvalue weighted by Gasteiger charge is 2.27. The molecular formula is C19H18N4O. The van der Waals surface area contributed by atoms with Gasteiger partial charge in [-0.3, -0.25) is 9.69 Å². The minimum absolute atomic E-state index is 0.0103. The van der Waals surface area contributed by atoms with Gasteiger partial charge < -0.3 is 5.32 Å². The van der Waals surface area contributed by atoms with E-state index in [0.29, 0.717) is 18.7 Å². The van der Waals surface area contributed by atoms with Gasteiger partial charge in [0.15, 0.2) is 5.82 Å². The zero-order chi connectivity index (χ0) is 16.5. The number of anilines is 3. The van der Waals surface area contributed by atoms with Crippen LogP contribution in [0.1, 0.15) is 15.9 Å². The maximum atomic E-state index is 12.7. The summed E-state index contributed by atoms with van der Waals surface area (Å²) < 4.78 is 1.87. The predicted octanol–water partition coefficient (Wildman–Crippen LogP) is 3.60. The number of carbonyl (C=O) groups excluding carboxylic acids is 1. The summed E-state index contributed by atoms with van der Waals surface area (Å²) in [6.07, 6.45) is 0. The summed E-state index contributed by atoms with van der Waals surface area (Å²) in [7, 11) is 0. The third-order valence-electron chi connectivity index (χ3n) is 4.16. The van der Waals surface area contributed by atoms with Gasteiger partial charge in [0, 0.05) is 23.9 Å². The Morgan fingerprint density at radius 3 is 2.54 bits per heavy atom. The molecule has 2 aromatic carbocycles. The molecule has 24 heavy (non-hydrogen) atoms. The third-order valence-corrected chi connectivity index (χ3v) is 4.16. The van der Waals surface area contributed by atoms with E-state index in [2.05, 4.69) is 29.5 Å². The van der Waals surface area contributed by atoms with Crippen LogP contribution >= 0.6 is 0 Å². The molecule has 0 bridgehead atoms. The molecule has 0 spiro atoms. The minimum Gasteiger partial charge on any atom is -0.339 e. The van der Waals surface area contributed by atoms with Crippen LogP contribution in [-0.4, -0.2) is 22.2 Å². The molecule has 0 saturated carbocycles. The maximum absolute atomic E-state index is 12.7. The van der Waals surface area contributed by atoms with E-state index in [1.54, 1.807) is 4.90 Å². The van der Waals surface area contributed by atoms with Crippen LogP contribution in [0.25, 0.3) is 0 Å². The van der Waals surface area contributed by atoms with E-state index >= 15 is 0 Å². The average Bonchev–Trinajstić information content (AvgIpc) is 3.17. The average molecular weight is 318 g/mol. The van der Waals surface area contributed by atoms with Crippen LogP contribution in [-0.2, 0) is 6.54 Å². The van der Waals surface area contributed by atoms with Crippen LogP contribution in [0.2, 0.25) is 0 Å². The lowest BCUT2D eigenvalue weighted by molar-refractivity contribution is 0.0989. The van der Waals surface area contributed by atoms with Crippen LogP contribution in [0, 0.1) is 6.92 Å². The number of rotatable bonds is 3. The first kappa shape index (κ1) is 14.5. The number of amides is 1. The zero-order valence-electron chi connectivity index (χ0n) is 13.4. The molecule has 0 fully saturated rings.